The van der Waals surface area contributed by atoms with E-state index in [-0.39, 0.29) is 24.0 Å². The van der Waals surface area contributed by atoms with Gasteiger partial charge in [0, 0.05) is 0 Å². The molecule has 3 aromatic heterocycles. The number of anilines is 1. The molecular formula is C15H14F3N5O3S2. The van der Waals surface area contributed by atoms with Crippen molar-refractivity contribution in [2.24, 2.45) is 0 Å². The van der Waals surface area contributed by atoms with Gasteiger partial charge in [0.15, 0.2) is 0 Å². The first-order valence-corrected chi connectivity index (χ1v) is 10.4. The minimum absolute atomic E-state index is 0.0457. The Morgan fingerprint density at radius 3 is 2.61 bits per heavy atom. The third kappa shape index (κ3) is 4.47. The van der Waals surface area contributed by atoms with Gasteiger partial charge >= 0.3 is 6.43 Å². The maximum atomic E-state index is 13.2. The summed E-state index contributed by atoms with van der Waals surface area (Å²) in [5.74, 6) is -1.63. The SMILES string of the molecule is CCCS(=O)(=O)N(Cc1ncc(-c2nnc(C(F)F)o2)s1)c1ccc(F)cn1. The number of aromatic nitrogens is 4. The van der Waals surface area contributed by atoms with Crippen molar-refractivity contribution in [3.8, 4) is 10.8 Å². The van der Waals surface area contributed by atoms with Crippen molar-refractivity contribution in [1.82, 2.24) is 20.2 Å². The Kier molecular flexibility index (Phi) is 5.93. The molecule has 0 aliphatic heterocycles. The van der Waals surface area contributed by atoms with Gasteiger partial charge in [0.2, 0.25) is 10.0 Å². The monoisotopic (exact) mass is 433 g/mol. The molecule has 8 nitrogen and oxygen atoms in total. The lowest BCUT2D eigenvalue weighted by Gasteiger charge is -2.22. The zero-order chi connectivity index (χ0) is 20.3. The van der Waals surface area contributed by atoms with Crippen molar-refractivity contribution in [3.05, 3.63) is 41.2 Å². The fourth-order valence-electron chi connectivity index (χ4n) is 2.23. The summed E-state index contributed by atoms with van der Waals surface area (Å²) < 4.78 is 69.4. The van der Waals surface area contributed by atoms with E-state index in [1.807, 2.05) is 0 Å². The summed E-state index contributed by atoms with van der Waals surface area (Å²) >= 11 is 1.01. The van der Waals surface area contributed by atoms with Crippen LogP contribution < -0.4 is 4.31 Å². The topological polar surface area (TPSA) is 102 Å². The van der Waals surface area contributed by atoms with Gasteiger partial charge in [-0.1, -0.05) is 6.92 Å². The molecular weight excluding hydrogens is 419 g/mol. The fourth-order valence-corrected chi connectivity index (χ4v) is 4.59. The lowest BCUT2D eigenvalue weighted by molar-refractivity contribution is 0.116. The van der Waals surface area contributed by atoms with Gasteiger partial charge < -0.3 is 4.42 Å². The van der Waals surface area contributed by atoms with E-state index in [4.69, 9.17) is 4.42 Å². The largest absolute Gasteiger partial charge is 0.414 e. The summed E-state index contributed by atoms with van der Waals surface area (Å²) in [6.07, 6.45) is -0.276. The molecule has 0 fully saturated rings. The number of thiazole rings is 1. The summed E-state index contributed by atoms with van der Waals surface area (Å²) in [5.41, 5.74) is 0. The molecule has 0 saturated heterocycles. The molecule has 0 unspecified atom stereocenters. The number of alkyl halides is 2. The molecule has 0 aliphatic rings. The van der Waals surface area contributed by atoms with Crippen molar-refractivity contribution in [2.75, 3.05) is 10.1 Å². The maximum Gasteiger partial charge on any atom is 0.314 e. The van der Waals surface area contributed by atoms with E-state index in [0.29, 0.717) is 16.3 Å². The van der Waals surface area contributed by atoms with E-state index >= 15 is 0 Å². The highest BCUT2D eigenvalue weighted by molar-refractivity contribution is 7.92. The Hall–Kier alpha value is -2.54. The Morgan fingerprint density at radius 2 is 2.00 bits per heavy atom. The van der Waals surface area contributed by atoms with Gasteiger partial charge in [-0.25, -0.2) is 27.1 Å². The summed E-state index contributed by atoms with van der Waals surface area (Å²) in [5, 5.41) is 7.12. The van der Waals surface area contributed by atoms with E-state index in [2.05, 4.69) is 20.2 Å². The maximum absolute atomic E-state index is 13.2. The number of nitrogens with zero attached hydrogens (tertiary/aromatic N) is 5. The number of rotatable bonds is 8. The molecule has 0 radical (unpaired) electrons. The molecule has 0 N–H and O–H groups in total. The highest BCUT2D eigenvalue weighted by Gasteiger charge is 2.25. The molecule has 3 rings (SSSR count). The van der Waals surface area contributed by atoms with Gasteiger partial charge in [-0.15, -0.1) is 21.5 Å². The van der Waals surface area contributed by atoms with Crippen molar-refractivity contribution in [3.63, 3.8) is 0 Å². The second kappa shape index (κ2) is 8.22. The zero-order valence-corrected chi connectivity index (χ0v) is 16.1. The Labute approximate surface area is 162 Å². The van der Waals surface area contributed by atoms with Crippen LogP contribution in [0.4, 0.5) is 19.0 Å². The smallest absolute Gasteiger partial charge is 0.314 e. The summed E-state index contributed by atoms with van der Waals surface area (Å²) in [4.78, 5) is 8.25. The lowest BCUT2D eigenvalue weighted by Crippen LogP contribution is -2.33. The van der Waals surface area contributed by atoms with Gasteiger partial charge in [0.05, 0.1) is 24.7 Å². The first kappa shape index (κ1) is 20.2. The van der Waals surface area contributed by atoms with Gasteiger partial charge in [0.25, 0.3) is 11.8 Å². The number of sulfonamides is 1. The molecule has 0 aromatic carbocycles. The predicted octanol–water partition coefficient (Wildman–Crippen LogP) is 3.41. The zero-order valence-electron chi connectivity index (χ0n) is 14.4. The van der Waals surface area contributed by atoms with Gasteiger partial charge in [0.1, 0.15) is 21.5 Å². The predicted molar refractivity (Wildman–Crippen MR) is 94.8 cm³/mol. The van der Waals surface area contributed by atoms with Crippen LogP contribution in [0.25, 0.3) is 10.8 Å². The standard InChI is InChI=1S/C15H14F3N5O3S2/c1-2-5-28(24,25)23(11-4-3-9(16)6-19-11)8-12-20-7-10(27-12)14-21-22-15(26-14)13(17)18/h3-4,6-7,13H,2,5,8H2,1H3. The van der Waals surface area contributed by atoms with Crippen LogP contribution >= 0.6 is 11.3 Å². The Morgan fingerprint density at radius 1 is 1.21 bits per heavy atom. The Balaban J connectivity index is 1.88. The third-order valence-electron chi connectivity index (χ3n) is 3.44. The highest BCUT2D eigenvalue weighted by Crippen LogP contribution is 2.29. The van der Waals surface area contributed by atoms with E-state index < -0.39 is 28.2 Å². The van der Waals surface area contributed by atoms with Crippen molar-refractivity contribution in [2.45, 2.75) is 26.3 Å². The third-order valence-corrected chi connectivity index (χ3v) is 6.32. The highest BCUT2D eigenvalue weighted by atomic mass is 32.2. The number of hydrogen-bond acceptors (Lipinski definition) is 8. The Bertz CT molecular complexity index is 1040. The normalized spacial score (nSPS) is 11.9. The minimum Gasteiger partial charge on any atom is -0.414 e. The molecule has 0 spiro atoms. The van der Waals surface area contributed by atoms with E-state index in [1.54, 1.807) is 6.92 Å². The van der Waals surface area contributed by atoms with Crippen LogP contribution in [-0.4, -0.2) is 34.3 Å². The first-order chi connectivity index (χ1) is 13.3. The average Bonchev–Trinajstić information content (AvgIpc) is 3.30. The molecule has 0 amide bonds. The number of pyridine rings is 1. The van der Waals surface area contributed by atoms with Crippen LogP contribution in [0.1, 0.15) is 30.7 Å². The molecule has 13 heteroatoms. The van der Waals surface area contributed by atoms with Crippen molar-refractivity contribution >= 4 is 27.2 Å². The van der Waals surface area contributed by atoms with Crippen LogP contribution in [0.15, 0.2) is 28.9 Å². The summed E-state index contributed by atoms with van der Waals surface area (Å²) in [6.45, 7) is 1.55. The lowest BCUT2D eigenvalue weighted by atomic mass is 10.4. The van der Waals surface area contributed by atoms with Crippen LogP contribution in [0.5, 0.6) is 0 Å². The average molecular weight is 433 g/mol. The van der Waals surface area contributed by atoms with Crippen molar-refractivity contribution < 1.29 is 26.0 Å². The van der Waals surface area contributed by atoms with Crippen LogP contribution in [0, 0.1) is 5.82 Å². The van der Waals surface area contributed by atoms with Crippen LogP contribution in [0.2, 0.25) is 0 Å². The first-order valence-electron chi connectivity index (χ1n) is 7.98. The van der Waals surface area contributed by atoms with Crippen molar-refractivity contribution in [1.29, 1.82) is 0 Å². The molecule has 3 aromatic rings. The number of halogens is 3. The number of hydrogen-bond donors (Lipinski definition) is 0. The molecule has 0 aliphatic carbocycles. The van der Waals surface area contributed by atoms with Crippen LogP contribution in [-0.2, 0) is 16.6 Å². The molecule has 0 bridgehead atoms. The van der Waals surface area contributed by atoms with Gasteiger partial charge in [-0.05, 0) is 18.6 Å². The summed E-state index contributed by atoms with van der Waals surface area (Å²) in [6, 6.07) is 2.36. The second-order valence-electron chi connectivity index (χ2n) is 5.52. The van der Waals surface area contributed by atoms with Crippen LogP contribution in [0.3, 0.4) is 0 Å². The summed E-state index contributed by atoms with van der Waals surface area (Å²) in [7, 11) is -3.73. The van der Waals surface area contributed by atoms with E-state index in [0.717, 1.165) is 27.9 Å². The molecule has 0 atom stereocenters. The fraction of sp³-hybridized carbons (Fsp3) is 0.333. The van der Waals surface area contributed by atoms with E-state index in [1.165, 1.54) is 12.3 Å². The van der Waals surface area contributed by atoms with E-state index in [9.17, 15) is 21.6 Å². The molecule has 3 heterocycles. The van der Waals surface area contributed by atoms with Gasteiger partial charge in [-0.2, -0.15) is 8.78 Å². The molecule has 150 valence electrons. The minimum atomic E-state index is -3.73. The molecule has 0 saturated carbocycles. The second-order valence-corrected chi connectivity index (χ2v) is 8.65. The quantitative estimate of drug-likeness (QED) is 0.536. The molecule has 28 heavy (non-hydrogen) atoms. The van der Waals surface area contributed by atoms with Gasteiger partial charge in [-0.3, -0.25) is 0 Å².